The Labute approximate surface area is 139 Å². The summed E-state index contributed by atoms with van der Waals surface area (Å²) in [5, 5.41) is 9.39. The van der Waals surface area contributed by atoms with Gasteiger partial charge in [-0.25, -0.2) is 0 Å². The summed E-state index contributed by atoms with van der Waals surface area (Å²) in [6.45, 7) is 1.16. The largest absolute Gasteiger partial charge is 0.480 e. The number of hydrogen-bond acceptors (Lipinski definition) is 5. The topological polar surface area (TPSA) is 116 Å². The van der Waals surface area contributed by atoms with Gasteiger partial charge in [0.15, 0.2) is 0 Å². The molecule has 0 aliphatic heterocycles. The molecule has 5 N–H and O–H groups in total. The molecule has 0 radical (unpaired) electrons. The van der Waals surface area contributed by atoms with Gasteiger partial charge in [-0.05, 0) is 31.5 Å². The first-order chi connectivity index (χ1) is 10.4. The van der Waals surface area contributed by atoms with E-state index in [2.05, 4.69) is 4.74 Å². The Morgan fingerprint density at radius 2 is 2.05 bits per heavy atom. The monoisotopic (exact) mass is 350 g/mol. The fourth-order valence-corrected chi connectivity index (χ4v) is 1.86. The third-order valence-electron chi connectivity index (χ3n) is 2.61. The van der Waals surface area contributed by atoms with Crippen molar-refractivity contribution in [3.63, 3.8) is 0 Å². The van der Waals surface area contributed by atoms with Gasteiger partial charge in [0.1, 0.15) is 12.6 Å². The van der Waals surface area contributed by atoms with Crippen LogP contribution in [0, 0.1) is 0 Å². The molecule has 0 fully saturated rings. The number of carboxylic acid groups (broad SMARTS) is 1. The van der Waals surface area contributed by atoms with Crippen LogP contribution in [0.1, 0.15) is 24.8 Å². The second-order valence-electron chi connectivity index (χ2n) is 4.37. The van der Waals surface area contributed by atoms with Crippen LogP contribution in [0.15, 0.2) is 18.2 Å². The molecule has 0 saturated carbocycles. The molecule has 124 valence electrons. The van der Waals surface area contributed by atoms with E-state index in [1.165, 1.54) is 0 Å². The summed E-state index contributed by atoms with van der Waals surface area (Å²) in [6.07, 6.45) is 2.16. The van der Waals surface area contributed by atoms with Crippen molar-refractivity contribution >= 4 is 35.6 Å². The minimum atomic E-state index is -0.933. The van der Waals surface area contributed by atoms with Crippen LogP contribution in [0.2, 0.25) is 10.0 Å². The van der Waals surface area contributed by atoms with Crippen molar-refractivity contribution in [3.05, 3.63) is 33.8 Å². The number of ether oxygens (including phenoxy) is 1. The second kappa shape index (κ2) is 12.2. The lowest BCUT2D eigenvalue weighted by atomic mass is 10.1. The Kier molecular flexibility index (Phi) is 11.5. The van der Waals surface area contributed by atoms with Crippen molar-refractivity contribution in [2.45, 2.75) is 31.9 Å². The van der Waals surface area contributed by atoms with Crippen LogP contribution < -0.4 is 11.5 Å². The summed E-state index contributed by atoms with van der Waals surface area (Å²) in [4.78, 5) is 20.0. The number of nitrogens with two attached hydrogens (primary N) is 2. The highest BCUT2D eigenvalue weighted by molar-refractivity contribution is 6.35. The maximum atomic E-state index is 10.1. The average molecular weight is 351 g/mol. The van der Waals surface area contributed by atoms with E-state index < -0.39 is 12.0 Å². The smallest absolute Gasteiger partial charge is 0.320 e. The van der Waals surface area contributed by atoms with E-state index in [0.29, 0.717) is 29.5 Å². The summed E-state index contributed by atoms with van der Waals surface area (Å²) in [5.74, 6) is -0.933. The maximum Gasteiger partial charge on any atom is 0.320 e. The number of unbranched alkanes of at least 4 members (excludes halogenated alkanes) is 1. The molecule has 22 heavy (non-hydrogen) atoms. The zero-order chi connectivity index (χ0) is 17.0. The Balaban J connectivity index is 0.000000409. The van der Waals surface area contributed by atoms with E-state index in [1.807, 2.05) is 0 Å². The van der Waals surface area contributed by atoms with Gasteiger partial charge in [-0.3, -0.25) is 9.59 Å². The molecular formula is C14H20Cl2N2O4. The van der Waals surface area contributed by atoms with Crippen molar-refractivity contribution in [3.8, 4) is 0 Å². The maximum absolute atomic E-state index is 10.1. The van der Waals surface area contributed by atoms with Crippen LogP contribution >= 0.6 is 23.2 Å². The van der Waals surface area contributed by atoms with E-state index in [1.54, 1.807) is 18.2 Å². The van der Waals surface area contributed by atoms with Crippen molar-refractivity contribution in [2.24, 2.45) is 11.5 Å². The SMILES string of the molecule is NCCCCC(N)C(=O)O.O=COCc1ccc(Cl)cc1Cl. The average Bonchev–Trinajstić information content (AvgIpc) is 2.47. The predicted molar refractivity (Wildman–Crippen MR) is 85.8 cm³/mol. The molecule has 1 rings (SSSR count). The minimum Gasteiger partial charge on any atom is -0.480 e. The molecule has 0 spiro atoms. The molecule has 6 nitrogen and oxygen atoms in total. The van der Waals surface area contributed by atoms with E-state index >= 15 is 0 Å². The van der Waals surface area contributed by atoms with Crippen LogP contribution in [-0.2, 0) is 20.9 Å². The van der Waals surface area contributed by atoms with Gasteiger partial charge >= 0.3 is 5.97 Å². The first-order valence-electron chi connectivity index (χ1n) is 6.60. The van der Waals surface area contributed by atoms with E-state index in [-0.39, 0.29) is 6.61 Å². The fourth-order valence-electron chi connectivity index (χ4n) is 1.39. The number of carbonyl (C=O) groups excluding carboxylic acids is 1. The van der Waals surface area contributed by atoms with Gasteiger partial charge in [0.2, 0.25) is 0 Å². The van der Waals surface area contributed by atoms with Crippen LogP contribution in [0.25, 0.3) is 0 Å². The molecule has 8 heteroatoms. The van der Waals surface area contributed by atoms with E-state index in [9.17, 15) is 9.59 Å². The highest BCUT2D eigenvalue weighted by Crippen LogP contribution is 2.21. The van der Waals surface area contributed by atoms with Gasteiger partial charge in [0, 0.05) is 15.6 Å². The zero-order valence-electron chi connectivity index (χ0n) is 12.0. The molecule has 0 aromatic heterocycles. The predicted octanol–water partition coefficient (Wildman–Crippen LogP) is 2.19. The molecule has 0 aliphatic rings. The Morgan fingerprint density at radius 1 is 1.36 bits per heavy atom. The van der Waals surface area contributed by atoms with Crippen molar-refractivity contribution in [1.29, 1.82) is 0 Å². The number of carbonyl (C=O) groups is 2. The first kappa shape index (κ1) is 20.7. The van der Waals surface area contributed by atoms with Crippen molar-refractivity contribution in [2.75, 3.05) is 6.54 Å². The molecule has 0 bridgehead atoms. The molecule has 1 unspecified atom stereocenters. The molecule has 0 saturated heterocycles. The van der Waals surface area contributed by atoms with Gasteiger partial charge in [-0.1, -0.05) is 35.7 Å². The summed E-state index contributed by atoms with van der Waals surface area (Å²) < 4.78 is 4.53. The van der Waals surface area contributed by atoms with Gasteiger partial charge in [-0.15, -0.1) is 0 Å². The summed E-state index contributed by atoms with van der Waals surface area (Å²) in [5.41, 5.74) is 11.2. The van der Waals surface area contributed by atoms with Crippen LogP contribution in [-0.4, -0.2) is 30.1 Å². The van der Waals surface area contributed by atoms with Crippen LogP contribution in [0.5, 0.6) is 0 Å². The van der Waals surface area contributed by atoms with Gasteiger partial charge < -0.3 is 21.3 Å². The molecule has 0 heterocycles. The molecule has 0 aliphatic carbocycles. The zero-order valence-corrected chi connectivity index (χ0v) is 13.5. The number of halogens is 2. The highest BCUT2D eigenvalue weighted by atomic mass is 35.5. The van der Waals surface area contributed by atoms with Gasteiger partial charge in [0.05, 0.1) is 0 Å². The number of rotatable bonds is 8. The third-order valence-corrected chi connectivity index (χ3v) is 3.20. The molecule has 1 aromatic rings. The standard InChI is InChI=1S/C8H6Cl2O2.C6H14N2O2/c9-7-2-1-6(4-12-5-11)8(10)3-7;7-4-2-1-3-5(8)6(9)10/h1-3,5H,4H2;5H,1-4,7-8H2,(H,9,10). The van der Waals surface area contributed by atoms with Gasteiger partial charge in [-0.2, -0.15) is 0 Å². The Bertz CT molecular complexity index is 472. The molecule has 0 amide bonds. The number of aliphatic carboxylic acids is 1. The molecule has 1 aromatic carbocycles. The van der Waals surface area contributed by atoms with Gasteiger partial charge in [0.25, 0.3) is 6.47 Å². The minimum absolute atomic E-state index is 0.180. The molecular weight excluding hydrogens is 331 g/mol. The number of benzene rings is 1. The lowest BCUT2D eigenvalue weighted by Gasteiger charge is -2.03. The number of carboxylic acids is 1. The fraction of sp³-hybridized carbons (Fsp3) is 0.429. The highest BCUT2D eigenvalue weighted by Gasteiger charge is 2.09. The van der Waals surface area contributed by atoms with Crippen LogP contribution in [0.3, 0.4) is 0 Å². The van der Waals surface area contributed by atoms with Crippen molar-refractivity contribution in [1.82, 2.24) is 0 Å². The third kappa shape index (κ3) is 9.57. The Hall–Kier alpha value is -1.34. The van der Waals surface area contributed by atoms with E-state index in [4.69, 9.17) is 39.8 Å². The molecule has 1 atom stereocenters. The van der Waals surface area contributed by atoms with Crippen molar-refractivity contribution < 1.29 is 19.4 Å². The summed E-state index contributed by atoms with van der Waals surface area (Å²) in [7, 11) is 0. The summed E-state index contributed by atoms with van der Waals surface area (Å²) in [6, 6.07) is 4.30. The van der Waals surface area contributed by atoms with Crippen LogP contribution in [0.4, 0.5) is 0 Å². The normalized spacial score (nSPS) is 11.1. The first-order valence-corrected chi connectivity index (χ1v) is 7.35. The summed E-state index contributed by atoms with van der Waals surface area (Å²) >= 11 is 11.4. The quantitative estimate of drug-likeness (QED) is 0.488. The van der Waals surface area contributed by atoms with E-state index in [0.717, 1.165) is 18.4 Å². The second-order valence-corrected chi connectivity index (χ2v) is 5.22. The lowest BCUT2D eigenvalue weighted by molar-refractivity contribution is -0.138. The number of hydrogen-bond donors (Lipinski definition) is 3. The lowest BCUT2D eigenvalue weighted by Crippen LogP contribution is -2.29. The Morgan fingerprint density at radius 3 is 2.55 bits per heavy atom.